The van der Waals surface area contributed by atoms with Gasteiger partial charge in [0.05, 0.1) is 10.7 Å². The van der Waals surface area contributed by atoms with Gasteiger partial charge in [0, 0.05) is 25.4 Å². The molecular weight excluding hydrogens is 272 g/mol. The Bertz CT molecular complexity index is 529. The zero-order valence-electron chi connectivity index (χ0n) is 10.1. The van der Waals surface area contributed by atoms with Gasteiger partial charge in [0.15, 0.2) is 0 Å². The molecule has 96 valence electrons. The topological polar surface area (TPSA) is 75.6 Å². The van der Waals surface area contributed by atoms with Crippen LogP contribution in [0.3, 0.4) is 0 Å². The van der Waals surface area contributed by atoms with Gasteiger partial charge in [-0.15, -0.1) is 11.3 Å². The third kappa shape index (κ3) is 3.51. The Kier molecular flexibility index (Phi) is 4.27. The average Bonchev–Trinajstić information content (AvgIpc) is 2.74. The summed E-state index contributed by atoms with van der Waals surface area (Å²) in [6.07, 6.45) is 0.822. The van der Waals surface area contributed by atoms with Gasteiger partial charge in [0.25, 0.3) is 0 Å². The minimum Gasteiger partial charge on any atom is -0.357 e. The lowest BCUT2D eigenvalue weighted by atomic mass is 10.3. The molecular formula is C10H13ClN6S. The Labute approximate surface area is 114 Å². The summed E-state index contributed by atoms with van der Waals surface area (Å²) < 4.78 is 0. The number of thiazole rings is 1. The van der Waals surface area contributed by atoms with Crippen molar-refractivity contribution < 1.29 is 0 Å². The molecule has 2 aromatic rings. The monoisotopic (exact) mass is 284 g/mol. The van der Waals surface area contributed by atoms with E-state index in [1.165, 1.54) is 0 Å². The number of nitrogens with zero attached hydrogens (tertiary/aromatic N) is 4. The maximum atomic E-state index is 5.78. The highest BCUT2D eigenvalue weighted by atomic mass is 35.5. The molecule has 0 aliphatic rings. The van der Waals surface area contributed by atoms with Crippen LogP contribution in [0.4, 0.5) is 11.9 Å². The molecule has 2 N–H and O–H groups in total. The Morgan fingerprint density at radius 1 is 1.22 bits per heavy atom. The number of hydrogen-bond acceptors (Lipinski definition) is 7. The smallest absolute Gasteiger partial charge is 0.228 e. The summed E-state index contributed by atoms with van der Waals surface area (Å²) in [5.74, 6) is 0.910. The van der Waals surface area contributed by atoms with Gasteiger partial charge >= 0.3 is 0 Å². The fourth-order valence-corrected chi connectivity index (χ4v) is 2.17. The predicted octanol–water partition coefficient (Wildman–Crippen LogP) is 1.99. The van der Waals surface area contributed by atoms with Crippen LogP contribution in [0.15, 0.2) is 5.38 Å². The van der Waals surface area contributed by atoms with Crippen LogP contribution in [0.2, 0.25) is 5.28 Å². The largest absolute Gasteiger partial charge is 0.357 e. The minimum atomic E-state index is 0.168. The standard InChI is InChI=1S/C10H13ClN6S/c1-6-14-7(5-18-6)3-4-13-10-16-8(11)15-9(12-2)17-10/h5H,3-4H2,1-2H3,(H2,12,13,15,16,17). The number of nitrogens with one attached hydrogen (secondary N) is 2. The molecule has 0 radical (unpaired) electrons. The Hall–Kier alpha value is -1.47. The van der Waals surface area contributed by atoms with Gasteiger partial charge in [-0.2, -0.15) is 15.0 Å². The molecule has 8 heteroatoms. The summed E-state index contributed by atoms with van der Waals surface area (Å²) in [5.41, 5.74) is 1.07. The Morgan fingerprint density at radius 2 is 2.00 bits per heavy atom. The molecule has 0 saturated carbocycles. The molecule has 0 saturated heterocycles. The van der Waals surface area contributed by atoms with Crippen LogP contribution in [-0.4, -0.2) is 33.5 Å². The first-order chi connectivity index (χ1) is 8.67. The molecule has 0 amide bonds. The SMILES string of the molecule is CNc1nc(Cl)nc(NCCc2csc(C)n2)n1. The second-order valence-electron chi connectivity index (χ2n) is 3.54. The summed E-state index contributed by atoms with van der Waals surface area (Å²) in [4.78, 5) is 16.4. The highest BCUT2D eigenvalue weighted by Gasteiger charge is 2.04. The molecule has 0 aromatic carbocycles. The van der Waals surface area contributed by atoms with Crippen LogP contribution in [0.5, 0.6) is 0 Å². The van der Waals surface area contributed by atoms with Crippen molar-refractivity contribution in [2.75, 3.05) is 24.2 Å². The molecule has 0 unspecified atom stereocenters. The number of hydrogen-bond donors (Lipinski definition) is 2. The van der Waals surface area contributed by atoms with Crippen LogP contribution in [0.25, 0.3) is 0 Å². The number of anilines is 2. The second kappa shape index (κ2) is 5.92. The van der Waals surface area contributed by atoms with Crippen molar-refractivity contribution in [1.29, 1.82) is 0 Å². The molecule has 0 spiro atoms. The van der Waals surface area contributed by atoms with E-state index < -0.39 is 0 Å². The zero-order chi connectivity index (χ0) is 13.0. The second-order valence-corrected chi connectivity index (χ2v) is 4.94. The van der Waals surface area contributed by atoms with Gasteiger partial charge in [-0.1, -0.05) is 0 Å². The van der Waals surface area contributed by atoms with Crippen molar-refractivity contribution in [2.24, 2.45) is 0 Å². The summed E-state index contributed by atoms with van der Waals surface area (Å²) in [6, 6.07) is 0. The molecule has 2 aromatic heterocycles. The number of aromatic nitrogens is 4. The van der Waals surface area contributed by atoms with Crippen molar-refractivity contribution >= 4 is 34.8 Å². The Morgan fingerprint density at radius 3 is 2.67 bits per heavy atom. The first-order valence-corrected chi connectivity index (χ1v) is 6.67. The molecule has 6 nitrogen and oxygen atoms in total. The first-order valence-electron chi connectivity index (χ1n) is 5.41. The van der Waals surface area contributed by atoms with Crippen LogP contribution in [-0.2, 0) is 6.42 Å². The normalized spacial score (nSPS) is 10.4. The van der Waals surface area contributed by atoms with E-state index in [-0.39, 0.29) is 5.28 Å². The third-order valence-corrected chi connectivity index (χ3v) is 3.15. The van der Waals surface area contributed by atoms with Crippen molar-refractivity contribution in [3.63, 3.8) is 0 Å². The van der Waals surface area contributed by atoms with E-state index in [0.29, 0.717) is 18.4 Å². The molecule has 0 aliphatic carbocycles. The van der Waals surface area contributed by atoms with Crippen LogP contribution in [0.1, 0.15) is 10.7 Å². The lowest BCUT2D eigenvalue weighted by Gasteiger charge is -2.05. The molecule has 0 bridgehead atoms. The zero-order valence-corrected chi connectivity index (χ0v) is 11.6. The molecule has 0 fully saturated rings. The van der Waals surface area contributed by atoms with Crippen LogP contribution in [0, 0.1) is 6.92 Å². The highest BCUT2D eigenvalue weighted by molar-refractivity contribution is 7.09. The fourth-order valence-electron chi connectivity index (χ4n) is 1.37. The van der Waals surface area contributed by atoms with Gasteiger partial charge < -0.3 is 10.6 Å². The van der Waals surface area contributed by atoms with Crippen molar-refractivity contribution in [3.8, 4) is 0 Å². The van der Waals surface area contributed by atoms with Crippen molar-refractivity contribution in [1.82, 2.24) is 19.9 Å². The van der Waals surface area contributed by atoms with E-state index in [1.807, 2.05) is 6.92 Å². The third-order valence-electron chi connectivity index (χ3n) is 2.16. The highest BCUT2D eigenvalue weighted by Crippen LogP contribution is 2.10. The van der Waals surface area contributed by atoms with Gasteiger partial charge in [0.1, 0.15) is 0 Å². The number of aryl methyl sites for hydroxylation is 1. The maximum Gasteiger partial charge on any atom is 0.228 e. The van der Waals surface area contributed by atoms with E-state index in [1.54, 1.807) is 18.4 Å². The van der Waals surface area contributed by atoms with E-state index in [9.17, 15) is 0 Å². The van der Waals surface area contributed by atoms with E-state index in [4.69, 9.17) is 11.6 Å². The fraction of sp³-hybridized carbons (Fsp3) is 0.400. The Balaban J connectivity index is 1.91. The van der Waals surface area contributed by atoms with Crippen molar-refractivity contribution in [2.45, 2.75) is 13.3 Å². The van der Waals surface area contributed by atoms with Crippen molar-refractivity contribution in [3.05, 3.63) is 21.4 Å². The van der Waals surface area contributed by atoms with Crippen LogP contribution >= 0.6 is 22.9 Å². The van der Waals surface area contributed by atoms with Gasteiger partial charge in [-0.3, -0.25) is 0 Å². The molecule has 2 rings (SSSR count). The quantitative estimate of drug-likeness (QED) is 0.874. The van der Waals surface area contributed by atoms with Crippen LogP contribution < -0.4 is 10.6 Å². The summed E-state index contributed by atoms with van der Waals surface area (Å²) >= 11 is 7.42. The predicted molar refractivity (Wildman–Crippen MR) is 73.4 cm³/mol. The lowest BCUT2D eigenvalue weighted by Crippen LogP contribution is -2.10. The number of rotatable bonds is 5. The summed E-state index contributed by atoms with van der Waals surface area (Å²) in [7, 11) is 1.73. The maximum absolute atomic E-state index is 5.78. The van der Waals surface area contributed by atoms with E-state index in [2.05, 4.69) is 35.9 Å². The van der Waals surface area contributed by atoms with Gasteiger partial charge in [0.2, 0.25) is 17.2 Å². The van der Waals surface area contributed by atoms with E-state index >= 15 is 0 Å². The van der Waals surface area contributed by atoms with E-state index in [0.717, 1.165) is 17.1 Å². The molecule has 0 aliphatic heterocycles. The first kappa shape index (κ1) is 13.0. The molecule has 2 heterocycles. The average molecular weight is 285 g/mol. The summed E-state index contributed by atoms with van der Waals surface area (Å²) in [5, 5.41) is 9.21. The van der Waals surface area contributed by atoms with Gasteiger partial charge in [-0.25, -0.2) is 4.98 Å². The lowest BCUT2D eigenvalue weighted by molar-refractivity contribution is 0.936. The van der Waals surface area contributed by atoms with Gasteiger partial charge in [-0.05, 0) is 18.5 Å². The molecule has 0 atom stereocenters. The molecule has 18 heavy (non-hydrogen) atoms. The summed E-state index contributed by atoms with van der Waals surface area (Å²) in [6.45, 7) is 2.69. The minimum absolute atomic E-state index is 0.168. The number of halogens is 1.